The number of aromatic nitrogens is 1. The van der Waals surface area contributed by atoms with Gasteiger partial charge in [-0.1, -0.05) is 30.3 Å². The van der Waals surface area contributed by atoms with Gasteiger partial charge < -0.3 is 5.32 Å². The van der Waals surface area contributed by atoms with Gasteiger partial charge in [-0.15, -0.1) is 0 Å². The standard InChI is InChI=1S/C16H18N2/c1-2-5-13(6-3-1)11-14-8-10-17-12-15(14)16-7-4-9-18-16/h1-3,5-6,8,10,12,16,18H,4,7,9,11H2. The van der Waals surface area contributed by atoms with Crippen LogP contribution >= 0.6 is 0 Å². The number of hydrogen-bond acceptors (Lipinski definition) is 2. The molecule has 1 aliphatic rings. The van der Waals surface area contributed by atoms with Crippen molar-refractivity contribution in [2.45, 2.75) is 25.3 Å². The van der Waals surface area contributed by atoms with E-state index in [4.69, 9.17) is 0 Å². The molecular weight excluding hydrogens is 220 g/mol. The van der Waals surface area contributed by atoms with Crippen LogP contribution in [-0.2, 0) is 6.42 Å². The van der Waals surface area contributed by atoms with E-state index >= 15 is 0 Å². The lowest BCUT2D eigenvalue weighted by molar-refractivity contribution is 0.638. The summed E-state index contributed by atoms with van der Waals surface area (Å²) in [7, 11) is 0. The summed E-state index contributed by atoms with van der Waals surface area (Å²) >= 11 is 0. The van der Waals surface area contributed by atoms with Gasteiger partial charge >= 0.3 is 0 Å². The van der Waals surface area contributed by atoms with Crippen LogP contribution in [0.3, 0.4) is 0 Å². The molecule has 0 saturated carbocycles. The minimum absolute atomic E-state index is 0.498. The SMILES string of the molecule is c1ccc(Cc2ccncc2C2CCCN2)cc1. The number of nitrogens with one attached hydrogen (secondary N) is 1. The summed E-state index contributed by atoms with van der Waals surface area (Å²) in [6, 6.07) is 13.3. The van der Waals surface area contributed by atoms with E-state index in [9.17, 15) is 0 Å². The predicted octanol–water partition coefficient (Wildman–Crippen LogP) is 3.10. The number of rotatable bonds is 3. The Morgan fingerprint density at radius 2 is 2.06 bits per heavy atom. The highest BCUT2D eigenvalue weighted by Gasteiger charge is 2.19. The molecule has 2 heterocycles. The van der Waals surface area contributed by atoms with E-state index in [2.05, 4.69) is 46.7 Å². The highest BCUT2D eigenvalue weighted by molar-refractivity contribution is 5.33. The van der Waals surface area contributed by atoms with E-state index in [1.807, 2.05) is 12.4 Å². The Morgan fingerprint density at radius 1 is 1.17 bits per heavy atom. The molecule has 1 saturated heterocycles. The number of nitrogens with zero attached hydrogens (tertiary/aromatic N) is 1. The quantitative estimate of drug-likeness (QED) is 0.888. The van der Waals surface area contributed by atoms with E-state index < -0.39 is 0 Å². The molecule has 2 nitrogen and oxygen atoms in total. The zero-order chi connectivity index (χ0) is 12.2. The van der Waals surface area contributed by atoms with Gasteiger partial charge in [0.2, 0.25) is 0 Å². The van der Waals surface area contributed by atoms with E-state index in [1.165, 1.54) is 29.5 Å². The Morgan fingerprint density at radius 3 is 2.83 bits per heavy atom. The number of pyridine rings is 1. The van der Waals surface area contributed by atoms with Crippen molar-refractivity contribution < 1.29 is 0 Å². The molecule has 1 aromatic heterocycles. The predicted molar refractivity (Wildman–Crippen MR) is 73.5 cm³/mol. The van der Waals surface area contributed by atoms with Crippen LogP contribution in [0.5, 0.6) is 0 Å². The van der Waals surface area contributed by atoms with Crippen molar-refractivity contribution in [3.05, 3.63) is 65.5 Å². The number of hydrogen-bond donors (Lipinski definition) is 1. The third-order valence-electron chi connectivity index (χ3n) is 3.62. The fraction of sp³-hybridized carbons (Fsp3) is 0.312. The molecule has 2 heteroatoms. The van der Waals surface area contributed by atoms with Gasteiger partial charge in [-0.25, -0.2) is 0 Å². The summed E-state index contributed by atoms with van der Waals surface area (Å²) in [6.07, 6.45) is 7.42. The molecule has 1 aromatic carbocycles. The van der Waals surface area contributed by atoms with E-state index in [0.717, 1.165) is 13.0 Å². The molecule has 18 heavy (non-hydrogen) atoms. The second-order valence-corrected chi connectivity index (χ2v) is 4.89. The van der Waals surface area contributed by atoms with Crippen molar-refractivity contribution in [1.29, 1.82) is 0 Å². The second kappa shape index (κ2) is 5.32. The average molecular weight is 238 g/mol. The Bertz CT molecular complexity index is 502. The summed E-state index contributed by atoms with van der Waals surface area (Å²) in [6.45, 7) is 1.13. The van der Waals surface area contributed by atoms with E-state index in [1.54, 1.807) is 0 Å². The molecule has 1 atom stereocenters. The molecule has 1 unspecified atom stereocenters. The highest BCUT2D eigenvalue weighted by Crippen LogP contribution is 2.26. The first-order chi connectivity index (χ1) is 8.93. The van der Waals surface area contributed by atoms with Crippen LogP contribution < -0.4 is 5.32 Å². The Kier molecular flexibility index (Phi) is 3.37. The molecule has 0 amide bonds. The fourth-order valence-electron chi connectivity index (χ4n) is 2.68. The van der Waals surface area contributed by atoms with Gasteiger partial charge in [0, 0.05) is 18.4 Å². The maximum Gasteiger partial charge on any atom is 0.0338 e. The molecule has 1 fully saturated rings. The Labute approximate surface area is 108 Å². The zero-order valence-electron chi connectivity index (χ0n) is 10.5. The highest BCUT2D eigenvalue weighted by atomic mass is 14.9. The average Bonchev–Trinajstić information content (AvgIpc) is 2.94. The Hall–Kier alpha value is -1.67. The first-order valence-electron chi connectivity index (χ1n) is 6.63. The van der Waals surface area contributed by atoms with Crippen LogP contribution in [0, 0.1) is 0 Å². The summed E-state index contributed by atoms with van der Waals surface area (Å²) in [5.74, 6) is 0. The topological polar surface area (TPSA) is 24.9 Å². The molecule has 0 spiro atoms. The Balaban J connectivity index is 1.87. The first-order valence-corrected chi connectivity index (χ1v) is 6.63. The molecule has 2 aromatic rings. The van der Waals surface area contributed by atoms with Gasteiger partial charge in [-0.3, -0.25) is 4.98 Å². The van der Waals surface area contributed by atoms with E-state index in [-0.39, 0.29) is 0 Å². The van der Waals surface area contributed by atoms with Crippen LogP contribution in [0.4, 0.5) is 0 Å². The minimum Gasteiger partial charge on any atom is -0.310 e. The summed E-state index contributed by atoms with van der Waals surface area (Å²) in [4.78, 5) is 4.29. The van der Waals surface area contributed by atoms with Crippen molar-refractivity contribution in [1.82, 2.24) is 10.3 Å². The van der Waals surface area contributed by atoms with Gasteiger partial charge in [-0.2, -0.15) is 0 Å². The van der Waals surface area contributed by atoms with Crippen molar-refractivity contribution in [3.8, 4) is 0 Å². The van der Waals surface area contributed by atoms with Gasteiger partial charge in [0.15, 0.2) is 0 Å². The lowest BCUT2D eigenvalue weighted by Gasteiger charge is -2.15. The molecule has 3 rings (SSSR count). The van der Waals surface area contributed by atoms with Crippen LogP contribution in [-0.4, -0.2) is 11.5 Å². The molecule has 92 valence electrons. The van der Waals surface area contributed by atoms with Crippen LogP contribution in [0.1, 0.15) is 35.6 Å². The number of benzene rings is 1. The van der Waals surface area contributed by atoms with E-state index in [0.29, 0.717) is 6.04 Å². The molecule has 1 aliphatic heterocycles. The zero-order valence-corrected chi connectivity index (χ0v) is 10.5. The molecule has 0 bridgehead atoms. The van der Waals surface area contributed by atoms with Crippen molar-refractivity contribution in [3.63, 3.8) is 0 Å². The minimum atomic E-state index is 0.498. The van der Waals surface area contributed by atoms with Crippen molar-refractivity contribution in [2.24, 2.45) is 0 Å². The smallest absolute Gasteiger partial charge is 0.0338 e. The van der Waals surface area contributed by atoms with Gasteiger partial charge in [0.05, 0.1) is 0 Å². The van der Waals surface area contributed by atoms with Crippen molar-refractivity contribution >= 4 is 0 Å². The fourth-order valence-corrected chi connectivity index (χ4v) is 2.68. The molecule has 1 N–H and O–H groups in total. The van der Waals surface area contributed by atoms with Gasteiger partial charge in [0.1, 0.15) is 0 Å². The van der Waals surface area contributed by atoms with Crippen LogP contribution in [0.2, 0.25) is 0 Å². The summed E-state index contributed by atoms with van der Waals surface area (Å²) in [5.41, 5.74) is 4.14. The van der Waals surface area contributed by atoms with Gasteiger partial charge in [-0.05, 0) is 48.6 Å². The largest absolute Gasteiger partial charge is 0.310 e. The molecule has 0 aliphatic carbocycles. The summed E-state index contributed by atoms with van der Waals surface area (Å²) < 4.78 is 0. The second-order valence-electron chi connectivity index (χ2n) is 4.89. The molecular formula is C16H18N2. The van der Waals surface area contributed by atoms with Crippen molar-refractivity contribution in [2.75, 3.05) is 6.54 Å². The first kappa shape index (κ1) is 11.4. The van der Waals surface area contributed by atoms with Crippen LogP contribution in [0.15, 0.2) is 48.8 Å². The molecule has 0 radical (unpaired) electrons. The van der Waals surface area contributed by atoms with Gasteiger partial charge in [0.25, 0.3) is 0 Å². The third-order valence-corrected chi connectivity index (χ3v) is 3.62. The lowest BCUT2D eigenvalue weighted by atomic mass is 9.96. The summed E-state index contributed by atoms with van der Waals surface area (Å²) in [5, 5.41) is 3.56. The van der Waals surface area contributed by atoms with Crippen LogP contribution in [0.25, 0.3) is 0 Å². The lowest BCUT2D eigenvalue weighted by Crippen LogP contribution is -2.15. The normalized spacial score (nSPS) is 19.0. The maximum absolute atomic E-state index is 4.29. The maximum atomic E-state index is 4.29. The monoisotopic (exact) mass is 238 g/mol. The third kappa shape index (κ3) is 2.44.